The number of rotatable bonds is 4. The standard InChI is InChI=1S/C12H18ClFN2O/c1-12(2,3)10(4-5-17)16-11-9(14)6-8(13)7-15-11/h6-7,10,17H,4-5H2,1-3H3,(H,15,16). The molecule has 0 amide bonds. The van der Waals surface area contributed by atoms with Crippen molar-refractivity contribution >= 4 is 17.4 Å². The van der Waals surface area contributed by atoms with Gasteiger partial charge in [-0.25, -0.2) is 9.37 Å². The molecule has 1 unspecified atom stereocenters. The van der Waals surface area contributed by atoms with Gasteiger partial charge in [-0.1, -0.05) is 32.4 Å². The third kappa shape index (κ3) is 4.13. The van der Waals surface area contributed by atoms with Crippen LogP contribution in [0.25, 0.3) is 0 Å². The van der Waals surface area contributed by atoms with Crippen LogP contribution in [0.4, 0.5) is 10.2 Å². The SMILES string of the molecule is CC(C)(C)C(CCO)Nc1ncc(Cl)cc1F. The second kappa shape index (κ2) is 5.65. The molecule has 0 saturated heterocycles. The highest BCUT2D eigenvalue weighted by Gasteiger charge is 2.25. The normalized spacial score (nSPS) is 13.5. The van der Waals surface area contributed by atoms with Gasteiger partial charge < -0.3 is 10.4 Å². The molecular formula is C12H18ClFN2O. The lowest BCUT2D eigenvalue weighted by Crippen LogP contribution is -2.35. The fourth-order valence-corrected chi connectivity index (χ4v) is 1.68. The summed E-state index contributed by atoms with van der Waals surface area (Å²) in [6, 6.07) is 1.16. The van der Waals surface area contributed by atoms with E-state index in [9.17, 15) is 4.39 Å². The summed E-state index contributed by atoms with van der Waals surface area (Å²) in [7, 11) is 0. The Morgan fingerprint density at radius 2 is 2.18 bits per heavy atom. The van der Waals surface area contributed by atoms with E-state index in [1.807, 2.05) is 20.8 Å². The highest BCUT2D eigenvalue weighted by atomic mass is 35.5. The minimum Gasteiger partial charge on any atom is -0.396 e. The number of halogens is 2. The van der Waals surface area contributed by atoms with E-state index >= 15 is 0 Å². The zero-order valence-corrected chi connectivity index (χ0v) is 11.1. The van der Waals surface area contributed by atoms with E-state index in [1.54, 1.807) is 0 Å². The van der Waals surface area contributed by atoms with Crippen LogP contribution >= 0.6 is 11.6 Å². The van der Waals surface area contributed by atoms with Gasteiger partial charge in [-0.05, 0) is 17.9 Å². The topological polar surface area (TPSA) is 45.1 Å². The van der Waals surface area contributed by atoms with Gasteiger partial charge in [0.1, 0.15) is 0 Å². The number of aromatic nitrogens is 1. The highest BCUT2D eigenvalue weighted by Crippen LogP contribution is 2.26. The molecule has 0 fully saturated rings. The molecule has 96 valence electrons. The van der Waals surface area contributed by atoms with Crippen LogP contribution in [0.3, 0.4) is 0 Å². The van der Waals surface area contributed by atoms with Crippen LogP contribution in [0.1, 0.15) is 27.2 Å². The molecule has 1 heterocycles. The summed E-state index contributed by atoms with van der Waals surface area (Å²) in [6.45, 7) is 6.11. The molecule has 3 nitrogen and oxygen atoms in total. The molecule has 0 aliphatic carbocycles. The van der Waals surface area contributed by atoms with E-state index < -0.39 is 5.82 Å². The molecule has 1 aromatic heterocycles. The number of aliphatic hydroxyl groups excluding tert-OH is 1. The van der Waals surface area contributed by atoms with Crippen molar-refractivity contribution in [2.45, 2.75) is 33.2 Å². The van der Waals surface area contributed by atoms with Crippen LogP contribution < -0.4 is 5.32 Å². The number of nitrogens with zero attached hydrogens (tertiary/aromatic N) is 1. The Balaban J connectivity index is 2.86. The van der Waals surface area contributed by atoms with E-state index in [1.165, 1.54) is 12.3 Å². The van der Waals surface area contributed by atoms with Crippen LogP contribution in [0, 0.1) is 11.2 Å². The van der Waals surface area contributed by atoms with Gasteiger partial charge in [0.25, 0.3) is 0 Å². The minimum atomic E-state index is -0.482. The van der Waals surface area contributed by atoms with Crippen LogP contribution in [-0.4, -0.2) is 22.7 Å². The lowest BCUT2D eigenvalue weighted by atomic mass is 9.85. The molecule has 17 heavy (non-hydrogen) atoms. The maximum absolute atomic E-state index is 13.6. The average molecular weight is 261 g/mol. The molecule has 5 heteroatoms. The largest absolute Gasteiger partial charge is 0.396 e. The quantitative estimate of drug-likeness (QED) is 0.875. The van der Waals surface area contributed by atoms with Gasteiger partial charge in [0.05, 0.1) is 5.02 Å². The second-order valence-corrected chi connectivity index (χ2v) is 5.50. The van der Waals surface area contributed by atoms with Crippen molar-refractivity contribution in [3.63, 3.8) is 0 Å². The highest BCUT2D eigenvalue weighted by molar-refractivity contribution is 6.30. The first-order valence-electron chi connectivity index (χ1n) is 5.53. The lowest BCUT2D eigenvalue weighted by Gasteiger charge is -2.31. The zero-order chi connectivity index (χ0) is 13.1. The van der Waals surface area contributed by atoms with E-state index in [4.69, 9.17) is 16.7 Å². The van der Waals surface area contributed by atoms with Gasteiger partial charge in [-0.15, -0.1) is 0 Å². The summed E-state index contributed by atoms with van der Waals surface area (Å²) in [5.41, 5.74) is -0.101. The van der Waals surface area contributed by atoms with Crippen LogP contribution in [0.2, 0.25) is 5.02 Å². The Hall–Kier alpha value is -0.870. The van der Waals surface area contributed by atoms with Gasteiger partial charge >= 0.3 is 0 Å². The Morgan fingerprint density at radius 3 is 2.65 bits per heavy atom. The van der Waals surface area contributed by atoms with Crippen molar-refractivity contribution in [1.29, 1.82) is 0 Å². The van der Waals surface area contributed by atoms with Crippen molar-refractivity contribution in [2.75, 3.05) is 11.9 Å². The number of aliphatic hydroxyl groups is 1. The molecule has 0 aromatic carbocycles. The Morgan fingerprint density at radius 1 is 1.53 bits per heavy atom. The number of hydrogen-bond acceptors (Lipinski definition) is 3. The predicted octanol–water partition coefficient (Wildman–Crippen LogP) is 3.08. The second-order valence-electron chi connectivity index (χ2n) is 5.06. The monoisotopic (exact) mass is 260 g/mol. The summed E-state index contributed by atoms with van der Waals surface area (Å²) in [5, 5.41) is 12.3. The van der Waals surface area contributed by atoms with E-state index in [-0.39, 0.29) is 28.9 Å². The molecule has 0 saturated carbocycles. The molecule has 0 spiro atoms. The molecule has 0 aliphatic rings. The third-order valence-corrected chi connectivity index (χ3v) is 2.79. The fraction of sp³-hybridized carbons (Fsp3) is 0.583. The maximum Gasteiger partial charge on any atom is 0.166 e. The number of nitrogens with one attached hydrogen (secondary N) is 1. The van der Waals surface area contributed by atoms with Crippen molar-refractivity contribution in [2.24, 2.45) is 5.41 Å². The van der Waals surface area contributed by atoms with Crippen molar-refractivity contribution in [1.82, 2.24) is 4.98 Å². The summed E-state index contributed by atoms with van der Waals surface area (Å²) in [6.07, 6.45) is 1.93. The van der Waals surface area contributed by atoms with Crippen molar-refractivity contribution < 1.29 is 9.50 Å². The van der Waals surface area contributed by atoms with Crippen molar-refractivity contribution in [3.8, 4) is 0 Å². The summed E-state index contributed by atoms with van der Waals surface area (Å²) < 4.78 is 13.6. The average Bonchev–Trinajstić information content (AvgIpc) is 2.19. The first-order chi connectivity index (χ1) is 7.84. The predicted molar refractivity (Wildman–Crippen MR) is 67.8 cm³/mol. The molecular weight excluding hydrogens is 243 g/mol. The molecule has 1 aromatic rings. The molecule has 0 aliphatic heterocycles. The first kappa shape index (κ1) is 14.2. The van der Waals surface area contributed by atoms with Crippen molar-refractivity contribution in [3.05, 3.63) is 23.1 Å². The van der Waals surface area contributed by atoms with Crippen LogP contribution in [0.15, 0.2) is 12.3 Å². The van der Waals surface area contributed by atoms with E-state index in [0.717, 1.165) is 0 Å². The lowest BCUT2D eigenvalue weighted by molar-refractivity contribution is 0.234. The molecule has 0 bridgehead atoms. The Bertz CT molecular complexity index is 379. The molecule has 0 radical (unpaired) electrons. The Labute approximate surface area is 106 Å². The van der Waals surface area contributed by atoms with Gasteiger partial charge in [0.15, 0.2) is 11.6 Å². The number of anilines is 1. The minimum absolute atomic E-state index is 0.0458. The van der Waals surface area contributed by atoms with E-state index in [2.05, 4.69) is 10.3 Å². The molecule has 1 atom stereocenters. The summed E-state index contributed by atoms with van der Waals surface area (Å²) in [4.78, 5) is 3.91. The summed E-state index contributed by atoms with van der Waals surface area (Å²) in [5.74, 6) is -0.313. The zero-order valence-electron chi connectivity index (χ0n) is 10.3. The van der Waals surface area contributed by atoms with Gasteiger partial charge in [0.2, 0.25) is 0 Å². The third-order valence-electron chi connectivity index (χ3n) is 2.58. The Kier molecular flexibility index (Phi) is 4.71. The van der Waals surface area contributed by atoms with E-state index in [0.29, 0.717) is 6.42 Å². The first-order valence-corrected chi connectivity index (χ1v) is 5.91. The van der Waals surface area contributed by atoms with Crippen LogP contribution in [0.5, 0.6) is 0 Å². The van der Waals surface area contributed by atoms with Gasteiger partial charge in [0, 0.05) is 18.8 Å². The number of hydrogen-bond donors (Lipinski definition) is 2. The smallest absolute Gasteiger partial charge is 0.166 e. The van der Waals surface area contributed by atoms with Crippen LogP contribution in [-0.2, 0) is 0 Å². The van der Waals surface area contributed by atoms with Gasteiger partial charge in [-0.2, -0.15) is 0 Å². The number of pyridine rings is 1. The molecule has 1 rings (SSSR count). The van der Waals surface area contributed by atoms with Gasteiger partial charge in [-0.3, -0.25) is 0 Å². The molecule has 2 N–H and O–H groups in total. The summed E-state index contributed by atoms with van der Waals surface area (Å²) >= 11 is 5.63. The fourth-order valence-electron chi connectivity index (χ4n) is 1.54. The maximum atomic E-state index is 13.6.